The summed E-state index contributed by atoms with van der Waals surface area (Å²) in [6.45, 7) is -4.55. The van der Waals surface area contributed by atoms with Crippen LogP contribution in [0.15, 0.2) is 0 Å². The van der Waals surface area contributed by atoms with Gasteiger partial charge in [-0.25, -0.2) is 0 Å². The van der Waals surface area contributed by atoms with Crippen LogP contribution in [0, 0.1) is 10.8 Å². The van der Waals surface area contributed by atoms with E-state index in [1.54, 1.807) is 0 Å². The lowest BCUT2D eigenvalue weighted by molar-refractivity contribution is 0.233. The quantitative estimate of drug-likeness (QED) is 0.566. The van der Waals surface area contributed by atoms with Gasteiger partial charge in [-0.05, 0) is 43.9 Å². The maximum absolute atomic E-state index is 12.5. The van der Waals surface area contributed by atoms with Crippen molar-refractivity contribution in [3.63, 3.8) is 0 Å². The molecule has 1 atom stereocenters. The first-order valence-corrected chi connectivity index (χ1v) is 5.66. The van der Waals surface area contributed by atoms with Crippen LogP contribution in [0.4, 0.5) is 12.9 Å². The minimum absolute atomic E-state index is 0.272. The van der Waals surface area contributed by atoms with E-state index in [0.29, 0.717) is 11.8 Å². The molecule has 1 unspecified atom stereocenters. The lowest BCUT2D eigenvalue weighted by atomic mass is 9.69. The molecule has 0 nitrogen and oxygen atoms in total. The van der Waals surface area contributed by atoms with Crippen LogP contribution in [0.2, 0.25) is 5.82 Å². The molecule has 3 aliphatic carbocycles. The zero-order valence-corrected chi connectivity index (χ0v) is 8.24. The summed E-state index contributed by atoms with van der Waals surface area (Å²) in [6, 6.07) is 0. The maximum atomic E-state index is 12.5. The molecule has 3 aliphatic rings. The van der Waals surface area contributed by atoms with Crippen molar-refractivity contribution in [1.82, 2.24) is 0 Å². The maximum Gasteiger partial charge on any atom is 0.481 e. The largest absolute Gasteiger partial charge is 0.481 e. The Morgan fingerprint density at radius 2 is 1.36 bits per heavy atom. The highest BCUT2D eigenvalue weighted by atomic mass is 19.4. The van der Waals surface area contributed by atoms with Crippen LogP contribution >= 0.6 is 0 Å². The van der Waals surface area contributed by atoms with Crippen LogP contribution in [-0.2, 0) is 0 Å². The van der Waals surface area contributed by atoms with E-state index in [1.807, 2.05) is 0 Å². The van der Waals surface area contributed by atoms with Crippen molar-refractivity contribution in [2.45, 2.75) is 50.8 Å². The van der Waals surface area contributed by atoms with E-state index in [0.717, 1.165) is 25.7 Å². The topological polar surface area (TPSA) is 0 Å². The average Bonchev–Trinajstić information content (AvgIpc) is 2.90. The van der Waals surface area contributed by atoms with Gasteiger partial charge in [0.05, 0.1) is 0 Å². The van der Waals surface area contributed by atoms with E-state index in [-0.39, 0.29) is 5.41 Å². The first-order valence-electron chi connectivity index (χ1n) is 5.66. The third-order valence-electron chi connectivity index (χ3n) is 4.97. The van der Waals surface area contributed by atoms with Crippen molar-refractivity contribution in [2.75, 3.05) is 0 Å². The minimum Gasteiger partial charge on any atom is -0.449 e. The summed E-state index contributed by atoms with van der Waals surface area (Å²) in [7, 11) is 0. The van der Waals surface area contributed by atoms with E-state index in [9.17, 15) is 12.9 Å². The molecule has 0 amide bonds. The van der Waals surface area contributed by atoms with Crippen molar-refractivity contribution < 1.29 is 12.9 Å². The highest BCUT2D eigenvalue weighted by Crippen LogP contribution is 2.74. The molecular formula is C10H15BF3-. The Labute approximate surface area is 82.3 Å². The highest BCUT2D eigenvalue weighted by Gasteiger charge is 2.64. The van der Waals surface area contributed by atoms with Crippen molar-refractivity contribution in [3.8, 4) is 0 Å². The fourth-order valence-corrected chi connectivity index (χ4v) is 3.44. The van der Waals surface area contributed by atoms with Gasteiger partial charge in [-0.1, -0.05) is 17.7 Å². The molecule has 3 saturated carbocycles. The first-order chi connectivity index (χ1) is 6.46. The van der Waals surface area contributed by atoms with Crippen molar-refractivity contribution in [1.29, 1.82) is 0 Å². The zero-order valence-electron chi connectivity index (χ0n) is 8.24. The smallest absolute Gasteiger partial charge is 0.449 e. The standard InChI is InChI=1S/C10H15BF3/c12-11(13,14)8-7-10(8)5-3-9(1-2-9)4-6-10/h8H,1-7H2/q-1. The molecule has 0 aromatic heterocycles. The van der Waals surface area contributed by atoms with Gasteiger partial charge >= 0.3 is 6.98 Å². The molecule has 2 spiro atoms. The van der Waals surface area contributed by atoms with E-state index < -0.39 is 12.8 Å². The first kappa shape index (κ1) is 9.11. The van der Waals surface area contributed by atoms with Crippen LogP contribution in [0.25, 0.3) is 0 Å². The molecule has 4 heteroatoms. The monoisotopic (exact) mass is 203 g/mol. The molecule has 14 heavy (non-hydrogen) atoms. The van der Waals surface area contributed by atoms with Gasteiger partial charge < -0.3 is 12.9 Å². The number of halogens is 3. The Kier molecular flexibility index (Phi) is 1.51. The molecule has 0 aromatic carbocycles. The van der Waals surface area contributed by atoms with Crippen LogP contribution < -0.4 is 0 Å². The van der Waals surface area contributed by atoms with E-state index in [1.165, 1.54) is 12.8 Å². The second kappa shape index (κ2) is 2.33. The Balaban J connectivity index is 1.66. The van der Waals surface area contributed by atoms with Gasteiger partial charge in [0.2, 0.25) is 0 Å². The number of hydrogen-bond acceptors (Lipinski definition) is 0. The molecule has 0 aromatic rings. The predicted octanol–water partition coefficient (Wildman–Crippen LogP) is 3.95. The summed E-state index contributed by atoms with van der Waals surface area (Å²) in [5, 5.41) is 0. The van der Waals surface area contributed by atoms with E-state index >= 15 is 0 Å². The van der Waals surface area contributed by atoms with Gasteiger partial charge in [0, 0.05) is 0 Å². The molecule has 0 saturated heterocycles. The molecule has 0 aliphatic heterocycles. The van der Waals surface area contributed by atoms with Crippen LogP contribution in [0.5, 0.6) is 0 Å². The van der Waals surface area contributed by atoms with E-state index in [4.69, 9.17) is 0 Å². The summed E-state index contributed by atoms with van der Waals surface area (Å²) in [6.07, 6.45) is 6.89. The fourth-order valence-electron chi connectivity index (χ4n) is 3.44. The summed E-state index contributed by atoms with van der Waals surface area (Å²) in [5.41, 5.74) is 0.253. The van der Waals surface area contributed by atoms with Gasteiger partial charge in [-0.15, -0.1) is 0 Å². The van der Waals surface area contributed by atoms with Crippen molar-refractivity contribution in [3.05, 3.63) is 0 Å². The summed E-state index contributed by atoms with van der Waals surface area (Å²) < 4.78 is 37.6. The Morgan fingerprint density at radius 3 is 1.71 bits per heavy atom. The minimum atomic E-state index is -4.55. The molecule has 0 heterocycles. The second-order valence-electron chi connectivity index (χ2n) is 5.80. The summed E-state index contributed by atoms with van der Waals surface area (Å²) in [5.74, 6) is -0.890. The third-order valence-corrected chi connectivity index (χ3v) is 4.97. The Hall–Kier alpha value is -0.145. The zero-order chi connectivity index (χ0) is 10.0. The van der Waals surface area contributed by atoms with Crippen molar-refractivity contribution in [2.24, 2.45) is 10.8 Å². The van der Waals surface area contributed by atoms with E-state index in [2.05, 4.69) is 0 Å². The number of hydrogen-bond donors (Lipinski definition) is 0. The Morgan fingerprint density at radius 1 is 0.857 bits per heavy atom. The van der Waals surface area contributed by atoms with Gasteiger partial charge in [0.25, 0.3) is 0 Å². The van der Waals surface area contributed by atoms with Gasteiger partial charge in [0.1, 0.15) is 0 Å². The lowest BCUT2D eigenvalue weighted by Crippen LogP contribution is -2.24. The normalized spacial score (nSPS) is 37.5. The SMILES string of the molecule is F[B-](F)(F)C1CC12CCC1(CC1)CC2. The summed E-state index contributed by atoms with van der Waals surface area (Å²) in [4.78, 5) is 0. The molecule has 3 rings (SSSR count). The molecule has 0 bridgehead atoms. The van der Waals surface area contributed by atoms with Crippen LogP contribution in [0.3, 0.4) is 0 Å². The highest BCUT2D eigenvalue weighted by molar-refractivity contribution is 6.61. The van der Waals surface area contributed by atoms with Crippen LogP contribution in [-0.4, -0.2) is 6.98 Å². The molecule has 0 N–H and O–H groups in total. The van der Waals surface area contributed by atoms with Crippen molar-refractivity contribution >= 4 is 6.98 Å². The molecule has 80 valence electrons. The molecule has 0 radical (unpaired) electrons. The predicted molar refractivity (Wildman–Crippen MR) is 50.0 cm³/mol. The molecule has 3 fully saturated rings. The fraction of sp³-hybridized carbons (Fsp3) is 1.00. The van der Waals surface area contributed by atoms with Crippen LogP contribution in [0.1, 0.15) is 44.9 Å². The average molecular weight is 203 g/mol. The third kappa shape index (κ3) is 1.22. The Bertz CT molecular complexity index is 257. The van der Waals surface area contributed by atoms with Gasteiger partial charge in [-0.3, -0.25) is 0 Å². The number of rotatable bonds is 1. The summed E-state index contributed by atoms with van der Waals surface area (Å²) >= 11 is 0. The molecular weight excluding hydrogens is 188 g/mol. The lowest BCUT2D eigenvalue weighted by Gasteiger charge is -2.31. The van der Waals surface area contributed by atoms with Gasteiger partial charge in [-0.2, -0.15) is 0 Å². The van der Waals surface area contributed by atoms with Gasteiger partial charge in [0.15, 0.2) is 0 Å². The second-order valence-corrected chi connectivity index (χ2v) is 5.80.